The largest absolute Gasteiger partial charge is 0.242 e. The van der Waals surface area contributed by atoms with Crippen LogP contribution in [0.25, 0.3) is 0 Å². The first kappa shape index (κ1) is 15.3. The fourth-order valence-electron chi connectivity index (χ4n) is 1.35. The summed E-state index contributed by atoms with van der Waals surface area (Å²) >= 11 is 11.6. The van der Waals surface area contributed by atoms with Gasteiger partial charge in [0.15, 0.2) is 0 Å². The lowest BCUT2D eigenvalue weighted by Gasteiger charge is -2.14. The van der Waals surface area contributed by atoms with Gasteiger partial charge in [-0.15, -0.1) is 0 Å². The van der Waals surface area contributed by atoms with Crippen LogP contribution >= 0.6 is 23.2 Å². The molecule has 4 nitrogen and oxygen atoms in total. The third-order valence-electron chi connectivity index (χ3n) is 2.34. The van der Waals surface area contributed by atoms with E-state index in [-0.39, 0.29) is 21.4 Å². The molecule has 0 aliphatic heterocycles. The lowest BCUT2D eigenvalue weighted by Crippen LogP contribution is -2.34. The second-order valence-electron chi connectivity index (χ2n) is 3.66. The van der Waals surface area contributed by atoms with E-state index < -0.39 is 16.1 Å². The molecular formula is C11H12Cl2N2O2S. The van der Waals surface area contributed by atoms with Crippen LogP contribution in [0.4, 0.5) is 0 Å². The highest BCUT2D eigenvalue weighted by Crippen LogP contribution is 2.25. The predicted octanol–water partition coefficient (Wildman–Crippen LogP) is 2.96. The monoisotopic (exact) mass is 306 g/mol. The van der Waals surface area contributed by atoms with Crippen LogP contribution in [0, 0.1) is 11.3 Å². The average Bonchev–Trinajstić information content (AvgIpc) is 2.31. The molecule has 0 saturated carbocycles. The van der Waals surface area contributed by atoms with Gasteiger partial charge < -0.3 is 0 Å². The smallest absolute Gasteiger partial charge is 0.207 e. The highest BCUT2D eigenvalue weighted by atomic mass is 35.5. The van der Waals surface area contributed by atoms with Gasteiger partial charge in [-0.3, -0.25) is 0 Å². The third-order valence-corrected chi connectivity index (χ3v) is 4.57. The normalized spacial score (nSPS) is 13.0. The van der Waals surface area contributed by atoms with Crippen molar-refractivity contribution in [2.75, 3.05) is 0 Å². The van der Waals surface area contributed by atoms with Gasteiger partial charge in [-0.25, -0.2) is 13.1 Å². The van der Waals surface area contributed by atoms with Crippen molar-refractivity contribution in [1.82, 2.24) is 4.72 Å². The fraction of sp³-hybridized carbons (Fsp3) is 0.364. The molecule has 0 radical (unpaired) electrons. The van der Waals surface area contributed by atoms with Crippen molar-refractivity contribution in [3.8, 4) is 6.07 Å². The molecule has 0 aliphatic rings. The Morgan fingerprint density at radius 1 is 1.44 bits per heavy atom. The Morgan fingerprint density at radius 3 is 2.67 bits per heavy atom. The second kappa shape index (κ2) is 6.39. The zero-order chi connectivity index (χ0) is 13.8. The minimum Gasteiger partial charge on any atom is -0.207 e. The van der Waals surface area contributed by atoms with E-state index in [0.29, 0.717) is 6.42 Å². The van der Waals surface area contributed by atoms with Gasteiger partial charge in [0.2, 0.25) is 10.0 Å². The van der Waals surface area contributed by atoms with E-state index >= 15 is 0 Å². The van der Waals surface area contributed by atoms with E-state index in [1.807, 2.05) is 6.07 Å². The van der Waals surface area contributed by atoms with Crippen molar-refractivity contribution in [1.29, 1.82) is 5.26 Å². The van der Waals surface area contributed by atoms with Gasteiger partial charge in [0, 0.05) is 11.1 Å². The summed E-state index contributed by atoms with van der Waals surface area (Å²) in [7, 11) is -3.76. The molecule has 1 rings (SSSR count). The second-order valence-corrected chi connectivity index (χ2v) is 6.19. The lowest BCUT2D eigenvalue weighted by molar-refractivity contribution is 0.543. The first-order chi connectivity index (χ1) is 8.40. The third kappa shape index (κ3) is 3.85. The maximum atomic E-state index is 12.1. The standard InChI is InChI=1S/C11H12Cl2N2O2S/c1-2-9(5-6-14)15-18(16,17)11-7-8(12)3-4-10(11)13/h3-4,7,9,15H,2,5H2,1H3. The summed E-state index contributed by atoms with van der Waals surface area (Å²) in [6.45, 7) is 1.80. The first-order valence-electron chi connectivity index (χ1n) is 5.25. The maximum absolute atomic E-state index is 12.1. The molecule has 0 saturated heterocycles. The molecule has 0 heterocycles. The maximum Gasteiger partial charge on any atom is 0.242 e. The molecule has 1 aromatic carbocycles. The van der Waals surface area contributed by atoms with Crippen LogP contribution in [-0.4, -0.2) is 14.5 Å². The molecule has 98 valence electrons. The molecule has 0 fully saturated rings. The summed E-state index contributed by atoms with van der Waals surface area (Å²) in [5.74, 6) is 0. The highest BCUT2D eigenvalue weighted by molar-refractivity contribution is 7.89. The Balaban J connectivity index is 3.06. The zero-order valence-corrected chi connectivity index (χ0v) is 12.0. The van der Waals surface area contributed by atoms with Crippen LogP contribution in [0.1, 0.15) is 19.8 Å². The van der Waals surface area contributed by atoms with Gasteiger partial charge in [-0.05, 0) is 24.6 Å². The van der Waals surface area contributed by atoms with E-state index in [0.717, 1.165) is 0 Å². The molecular weight excluding hydrogens is 295 g/mol. The number of hydrogen-bond acceptors (Lipinski definition) is 3. The first-order valence-corrected chi connectivity index (χ1v) is 7.49. The van der Waals surface area contributed by atoms with Crippen LogP contribution in [0.2, 0.25) is 10.0 Å². The van der Waals surface area contributed by atoms with Gasteiger partial charge in [0.05, 0.1) is 17.5 Å². The molecule has 18 heavy (non-hydrogen) atoms. The summed E-state index contributed by atoms with van der Waals surface area (Å²) in [5.41, 5.74) is 0. The molecule has 1 aromatic rings. The van der Waals surface area contributed by atoms with Crippen molar-refractivity contribution in [3.63, 3.8) is 0 Å². The summed E-state index contributed by atoms with van der Waals surface area (Å²) in [4.78, 5) is -0.0759. The van der Waals surface area contributed by atoms with Gasteiger partial charge >= 0.3 is 0 Å². The van der Waals surface area contributed by atoms with Crippen molar-refractivity contribution >= 4 is 33.2 Å². The SMILES string of the molecule is CCC(CC#N)NS(=O)(=O)c1cc(Cl)ccc1Cl. The molecule has 1 unspecified atom stereocenters. The predicted molar refractivity (Wildman–Crippen MR) is 71.1 cm³/mol. The fourth-order valence-corrected chi connectivity index (χ4v) is 3.43. The van der Waals surface area contributed by atoms with Gasteiger partial charge in [0.1, 0.15) is 4.90 Å². The van der Waals surface area contributed by atoms with Crippen molar-refractivity contribution in [2.45, 2.75) is 30.7 Å². The minimum atomic E-state index is -3.76. The zero-order valence-electron chi connectivity index (χ0n) is 9.65. The number of rotatable bonds is 5. The number of hydrogen-bond donors (Lipinski definition) is 1. The summed E-state index contributed by atoms with van der Waals surface area (Å²) in [6.07, 6.45) is 0.624. The number of halogens is 2. The quantitative estimate of drug-likeness (QED) is 0.909. The molecule has 1 atom stereocenters. The topological polar surface area (TPSA) is 70.0 Å². The van der Waals surface area contributed by atoms with Crippen molar-refractivity contribution < 1.29 is 8.42 Å². The van der Waals surface area contributed by atoms with Gasteiger partial charge in [-0.2, -0.15) is 5.26 Å². The van der Waals surface area contributed by atoms with Crippen LogP contribution in [0.3, 0.4) is 0 Å². The average molecular weight is 307 g/mol. The lowest BCUT2D eigenvalue weighted by atomic mass is 10.2. The Hall–Kier alpha value is -0.800. The van der Waals surface area contributed by atoms with E-state index in [9.17, 15) is 8.42 Å². The molecule has 7 heteroatoms. The molecule has 0 bridgehead atoms. The Kier molecular flexibility index (Phi) is 5.42. The van der Waals surface area contributed by atoms with Crippen LogP contribution in [0.5, 0.6) is 0 Å². The number of nitrogens with zero attached hydrogens (tertiary/aromatic N) is 1. The van der Waals surface area contributed by atoms with E-state index in [2.05, 4.69) is 4.72 Å². The Morgan fingerprint density at radius 2 is 2.11 bits per heavy atom. The number of nitriles is 1. The summed E-state index contributed by atoms with van der Waals surface area (Å²) in [6, 6.07) is 5.71. The Bertz CT molecular complexity index is 567. The van der Waals surface area contributed by atoms with Crippen molar-refractivity contribution in [2.24, 2.45) is 0 Å². The number of nitrogens with one attached hydrogen (secondary N) is 1. The van der Waals surface area contributed by atoms with E-state index in [1.54, 1.807) is 6.92 Å². The molecule has 0 aromatic heterocycles. The summed E-state index contributed by atoms with van der Waals surface area (Å²) in [5, 5.41) is 8.98. The number of benzene rings is 1. The molecule has 0 spiro atoms. The van der Waals surface area contributed by atoms with Crippen LogP contribution < -0.4 is 4.72 Å². The van der Waals surface area contributed by atoms with Crippen LogP contribution in [0.15, 0.2) is 23.1 Å². The molecule has 0 aliphatic carbocycles. The molecule has 0 amide bonds. The highest BCUT2D eigenvalue weighted by Gasteiger charge is 2.21. The Labute approximate surface area is 117 Å². The molecule has 1 N–H and O–H groups in total. The van der Waals surface area contributed by atoms with Crippen LogP contribution in [-0.2, 0) is 10.0 Å². The van der Waals surface area contributed by atoms with E-state index in [4.69, 9.17) is 28.5 Å². The minimum absolute atomic E-state index is 0.0759. The van der Waals surface area contributed by atoms with Gasteiger partial charge in [-0.1, -0.05) is 30.1 Å². The van der Waals surface area contributed by atoms with Gasteiger partial charge in [0.25, 0.3) is 0 Å². The van der Waals surface area contributed by atoms with Crippen molar-refractivity contribution in [3.05, 3.63) is 28.2 Å². The van der Waals surface area contributed by atoms with E-state index in [1.165, 1.54) is 18.2 Å². The summed E-state index contributed by atoms with van der Waals surface area (Å²) < 4.78 is 26.6. The number of sulfonamides is 1.